The third kappa shape index (κ3) is 6.58. The molecule has 0 unspecified atom stereocenters. The smallest absolute Gasteiger partial charge is 0.281 e. The van der Waals surface area contributed by atoms with Gasteiger partial charge in [0.05, 0.1) is 6.54 Å². The molecular weight excluding hydrogens is 264 g/mol. The van der Waals surface area contributed by atoms with Crippen molar-refractivity contribution in [3.63, 3.8) is 0 Å². The molecule has 110 valence electrons. The van der Waals surface area contributed by atoms with Gasteiger partial charge in [0, 0.05) is 20.6 Å². The van der Waals surface area contributed by atoms with Crippen LogP contribution in [0.5, 0.6) is 0 Å². The minimum absolute atomic E-state index is 0.312. The van der Waals surface area contributed by atoms with Crippen molar-refractivity contribution in [1.29, 1.82) is 0 Å². The maximum absolute atomic E-state index is 12.1. The monoisotopic (exact) mass is 287 g/mol. The third-order valence-corrected chi connectivity index (χ3v) is 4.34. The van der Waals surface area contributed by atoms with Gasteiger partial charge in [0.2, 0.25) is 0 Å². The molecule has 0 aromatic rings. The summed E-state index contributed by atoms with van der Waals surface area (Å²) in [6.07, 6.45) is -0.992. The van der Waals surface area contributed by atoms with Crippen LogP contribution in [0.25, 0.3) is 0 Å². The average molecular weight is 287 g/mol. The lowest BCUT2D eigenvalue weighted by molar-refractivity contribution is 0.124. The van der Waals surface area contributed by atoms with Crippen molar-refractivity contribution in [2.45, 2.75) is 26.2 Å². The van der Waals surface area contributed by atoms with E-state index in [1.165, 1.54) is 7.05 Å². The zero-order chi connectivity index (χ0) is 14.2. The first kappa shape index (κ1) is 17.7. The Hall–Kier alpha value is -0.310. The zero-order valence-corrected chi connectivity index (χ0v) is 12.0. The van der Waals surface area contributed by atoms with Crippen LogP contribution < -0.4 is 5.32 Å². The van der Waals surface area contributed by atoms with Crippen LogP contribution in [0.4, 0.5) is 8.78 Å². The maximum atomic E-state index is 12.1. The first-order valence-corrected chi connectivity index (χ1v) is 7.38. The molecule has 1 N–H and O–H groups in total. The van der Waals surface area contributed by atoms with Gasteiger partial charge in [-0.2, -0.15) is 17.0 Å². The molecule has 0 atom stereocenters. The minimum Gasteiger partial charge on any atom is -0.317 e. The van der Waals surface area contributed by atoms with E-state index in [1.54, 1.807) is 0 Å². The van der Waals surface area contributed by atoms with Crippen LogP contribution in [-0.2, 0) is 10.2 Å². The van der Waals surface area contributed by atoms with Gasteiger partial charge < -0.3 is 5.32 Å². The molecule has 0 aromatic carbocycles. The Morgan fingerprint density at radius 3 is 2.28 bits per heavy atom. The Labute approximate surface area is 108 Å². The summed E-state index contributed by atoms with van der Waals surface area (Å²) in [4.78, 5) is 0. The molecule has 5 nitrogen and oxygen atoms in total. The molecule has 0 saturated carbocycles. The number of rotatable bonds is 10. The number of hydrogen-bond acceptors (Lipinski definition) is 3. The second-order valence-corrected chi connectivity index (χ2v) is 6.25. The quantitative estimate of drug-likeness (QED) is 0.603. The SMILES string of the molecule is CCCNCCCN(C)S(=O)(=O)N(C)CC(F)F. The van der Waals surface area contributed by atoms with Gasteiger partial charge in [0.25, 0.3) is 16.6 Å². The van der Waals surface area contributed by atoms with Crippen LogP contribution in [0.15, 0.2) is 0 Å². The number of nitrogens with zero attached hydrogens (tertiary/aromatic N) is 2. The molecule has 18 heavy (non-hydrogen) atoms. The summed E-state index contributed by atoms with van der Waals surface area (Å²) in [5.74, 6) is 0. The van der Waals surface area contributed by atoms with E-state index in [0.29, 0.717) is 23.8 Å². The van der Waals surface area contributed by atoms with Crippen molar-refractivity contribution < 1.29 is 17.2 Å². The summed E-state index contributed by atoms with van der Waals surface area (Å²) >= 11 is 0. The predicted molar refractivity (Wildman–Crippen MR) is 68.0 cm³/mol. The first-order valence-electron chi connectivity index (χ1n) is 5.98. The number of hydrogen-bond donors (Lipinski definition) is 1. The zero-order valence-electron chi connectivity index (χ0n) is 11.2. The van der Waals surface area contributed by atoms with Crippen molar-refractivity contribution in [3.05, 3.63) is 0 Å². The molecule has 0 amide bonds. The largest absolute Gasteiger partial charge is 0.317 e. The maximum Gasteiger partial charge on any atom is 0.281 e. The summed E-state index contributed by atoms with van der Waals surface area (Å²) in [6.45, 7) is 3.18. The van der Waals surface area contributed by atoms with Crippen LogP contribution in [0.2, 0.25) is 0 Å². The number of alkyl halides is 2. The molecule has 0 bridgehead atoms. The molecule has 0 heterocycles. The summed E-state index contributed by atoms with van der Waals surface area (Å²) in [5.41, 5.74) is 0. The average Bonchev–Trinajstić information content (AvgIpc) is 2.27. The molecular formula is C10H23F2N3O2S. The van der Waals surface area contributed by atoms with Crippen molar-refractivity contribution in [2.75, 3.05) is 40.3 Å². The fraction of sp³-hybridized carbons (Fsp3) is 1.00. The third-order valence-electron chi connectivity index (χ3n) is 2.44. The van der Waals surface area contributed by atoms with Gasteiger partial charge in [-0.15, -0.1) is 0 Å². The van der Waals surface area contributed by atoms with E-state index in [1.807, 2.05) is 6.92 Å². The highest BCUT2D eigenvalue weighted by Gasteiger charge is 2.25. The van der Waals surface area contributed by atoms with Gasteiger partial charge in [0.15, 0.2) is 0 Å². The first-order chi connectivity index (χ1) is 8.32. The lowest BCUT2D eigenvalue weighted by Crippen LogP contribution is -2.42. The molecule has 0 aliphatic heterocycles. The van der Waals surface area contributed by atoms with Gasteiger partial charge in [0.1, 0.15) is 0 Å². The Bertz CT molecular complexity index is 312. The Morgan fingerprint density at radius 2 is 1.78 bits per heavy atom. The Kier molecular flexibility index (Phi) is 8.58. The van der Waals surface area contributed by atoms with Gasteiger partial charge in [-0.05, 0) is 25.9 Å². The molecule has 0 saturated heterocycles. The van der Waals surface area contributed by atoms with Gasteiger partial charge in [-0.25, -0.2) is 8.78 Å². The van der Waals surface area contributed by atoms with E-state index >= 15 is 0 Å². The molecule has 0 aliphatic carbocycles. The Morgan fingerprint density at radius 1 is 1.17 bits per heavy atom. The molecule has 0 aromatic heterocycles. The van der Waals surface area contributed by atoms with E-state index in [-0.39, 0.29) is 0 Å². The second kappa shape index (κ2) is 8.73. The molecule has 0 fully saturated rings. The van der Waals surface area contributed by atoms with Crippen molar-refractivity contribution in [1.82, 2.24) is 13.9 Å². The minimum atomic E-state index is -3.77. The fourth-order valence-electron chi connectivity index (χ4n) is 1.37. The molecule has 8 heteroatoms. The standard InChI is InChI=1S/C10H23F2N3O2S/c1-4-6-13-7-5-8-14(2)18(16,17)15(3)9-10(11)12/h10,13H,4-9H2,1-3H3. The second-order valence-electron chi connectivity index (χ2n) is 4.10. The van der Waals surface area contributed by atoms with Crippen LogP contribution in [-0.4, -0.2) is 63.7 Å². The summed E-state index contributed by atoms with van der Waals surface area (Å²) in [5, 5.41) is 3.15. The van der Waals surface area contributed by atoms with Crippen molar-refractivity contribution in [2.24, 2.45) is 0 Å². The topological polar surface area (TPSA) is 52.7 Å². The number of halogens is 2. The van der Waals surface area contributed by atoms with Gasteiger partial charge in [-0.3, -0.25) is 0 Å². The normalized spacial score (nSPS) is 12.9. The Balaban J connectivity index is 4.10. The molecule has 0 aliphatic rings. The van der Waals surface area contributed by atoms with E-state index in [0.717, 1.165) is 24.3 Å². The fourth-order valence-corrected chi connectivity index (χ4v) is 2.51. The summed E-state index contributed by atoms with van der Waals surface area (Å²) < 4.78 is 49.6. The van der Waals surface area contributed by atoms with Crippen molar-refractivity contribution >= 4 is 10.2 Å². The van der Waals surface area contributed by atoms with Crippen molar-refractivity contribution in [3.8, 4) is 0 Å². The van der Waals surface area contributed by atoms with E-state index < -0.39 is 23.2 Å². The highest BCUT2D eigenvalue weighted by molar-refractivity contribution is 7.86. The predicted octanol–water partition coefficient (Wildman–Crippen LogP) is 0.750. The molecule has 0 rings (SSSR count). The van der Waals surface area contributed by atoms with Gasteiger partial charge >= 0.3 is 0 Å². The van der Waals surface area contributed by atoms with E-state index in [9.17, 15) is 17.2 Å². The van der Waals surface area contributed by atoms with Crippen LogP contribution in [0, 0.1) is 0 Å². The lowest BCUT2D eigenvalue weighted by atomic mass is 10.4. The van der Waals surface area contributed by atoms with Crippen LogP contribution in [0.3, 0.4) is 0 Å². The van der Waals surface area contributed by atoms with E-state index in [4.69, 9.17) is 0 Å². The van der Waals surface area contributed by atoms with Crippen LogP contribution in [0.1, 0.15) is 19.8 Å². The highest BCUT2D eigenvalue weighted by Crippen LogP contribution is 2.07. The molecule has 0 radical (unpaired) electrons. The van der Waals surface area contributed by atoms with E-state index in [2.05, 4.69) is 5.32 Å². The highest BCUT2D eigenvalue weighted by atomic mass is 32.2. The summed E-state index contributed by atoms with van der Waals surface area (Å²) in [6, 6.07) is 0. The van der Waals surface area contributed by atoms with Crippen LogP contribution >= 0.6 is 0 Å². The van der Waals surface area contributed by atoms with Gasteiger partial charge in [-0.1, -0.05) is 6.92 Å². The molecule has 0 spiro atoms. The summed E-state index contributed by atoms with van der Waals surface area (Å²) in [7, 11) is -1.21. The lowest BCUT2D eigenvalue weighted by Gasteiger charge is -2.24. The number of nitrogens with one attached hydrogen (secondary N) is 1.